The lowest BCUT2D eigenvalue weighted by atomic mass is 10.1. The van der Waals surface area contributed by atoms with Gasteiger partial charge in [0.2, 0.25) is 0 Å². The summed E-state index contributed by atoms with van der Waals surface area (Å²) in [6.07, 6.45) is 0. The first-order chi connectivity index (χ1) is 8.97. The van der Waals surface area contributed by atoms with Crippen LogP contribution in [0.4, 0.5) is 11.4 Å². The second-order valence-electron chi connectivity index (χ2n) is 4.49. The van der Waals surface area contributed by atoms with Gasteiger partial charge in [-0.25, -0.2) is 0 Å². The quantitative estimate of drug-likeness (QED) is 0.825. The predicted molar refractivity (Wildman–Crippen MR) is 82.4 cm³/mol. The van der Waals surface area contributed by atoms with E-state index in [4.69, 9.17) is 5.73 Å². The molecule has 2 rings (SSSR count). The minimum Gasteiger partial charge on any atom is -0.399 e. The van der Waals surface area contributed by atoms with Crippen LogP contribution in [0.5, 0.6) is 0 Å². The normalized spacial score (nSPS) is 10.3. The summed E-state index contributed by atoms with van der Waals surface area (Å²) in [6.45, 7) is 3.85. The molecule has 3 nitrogen and oxygen atoms in total. The Morgan fingerprint density at radius 3 is 2.47 bits per heavy atom. The van der Waals surface area contributed by atoms with Crippen LogP contribution < -0.4 is 11.1 Å². The average Bonchev–Trinajstić information content (AvgIpc) is 2.33. The van der Waals surface area contributed by atoms with Crippen LogP contribution >= 0.6 is 15.9 Å². The van der Waals surface area contributed by atoms with Crippen LogP contribution in [0.1, 0.15) is 21.5 Å². The molecule has 19 heavy (non-hydrogen) atoms. The van der Waals surface area contributed by atoms with Crippen molar-refractivity contribution in [3.8, 4) is 0 Å². The Kier molecular flexibility index (Phi) is 3.90. The van der Waals surface area contributed by atoms with Crippen LogP contribution in [0.2, 0.25) is 0 Å². The topological polar surface area (TPSA) is 55.1 Å². The van der Waals surface area contributed by atoms with Crippen molar-refractivity contribution in [3.05, 3.63) is 57.6 Å². The first-order valence-corrected chi connectivity index (χ1v) is 6.70. The van der Waals surface area contributed by atoms with Gasteiger partial charge in [0.05, 0.1) is 0 Å². The molecular weight excluding hydrogens is 304 g/mol. The zero-order valence-corrected chi connectivity index (χ0v) is 12.4. The van der Waals surface area contributed by atoms with Gasteiger partial charge < -0.3 is 11.1 Å². The zero-order valence-electron chi connectivity index (χ0n) is 10.8. The van der Waals surface area contributed by atoms with Crippen LogP contribution in [0.3, 0.4) is 0 Å². The maximum absolute atomic E-state index is 12.2. The molecule has 0 aliphatic carbocycles. The van der Waals surface area contributed by atoms with Gasteiger partial charge >= 0.3 is 0 Å². The van der Waals surface area contributed by atoms with Gasteiger partial charge in [-0.05, 0) is 61.4 Å². The van der Waals surface area contributed by atoms with Crippen molar-refractivity contribution < 1.29 is 4.79 Å². The van der Waals surface area contributed by atoms with E-state index >= 15 is 0 Å². The van der Waals surface area contributed by atoms with Gasteiger partial charge in [-0.3, -0.25) is 4.79 Å². The lowest BCUT2D eigenvalue weighted by Crippen LogP contribution is -2.13. The van der Waals surface area contributed by atoms with Gasteiger partial charge in [0.15, 0.2) is 0 Å². The van der Waals surface area contributed by atoms with Crippen molar-refractivity contribution in [1.82, 2.24) is 0 Å². The molecule has 0 aliphatic rings. The van der Waals surface area contributed by atoms with Gasteiger partial charge in [0.25, 0.3) is 5.91 Å². The number of hydrogen-bond donors (Lipinski definition) is 2. The number of nitrogens with two attached hydrogens (primary N) is 1. The molecule has 0 fully saturated rings. The molecule has 0 radical (unpaired) electrons. The Labute approximate surface area is 121 Å². The van der Waals surface area contributed by atoms with Crippen LogP contribution in [0.15, 0.2) is 40.9 Å². The summed E-state index contributed by atoms with van der Waals surface area (Å²) < 4.78 is 1.02. The van der Waals surface area contributed by atoms with Crippen molar-refractivity contribution in [2.24, 2.45) is 0 Å². The fraction of sp³-hybridized carbons (Fsp3) is 0.133. The number of anilines is 2. The first kappa shape index (κ1) is 13.6. The number of nitrogens with one attached hydrogen (secondary N) is 1. The molecule has 98 valence electrons. The van der Waals surface area contributed by atoms with E-state index in [1.165, 1.54) is 0 Å². The number of aryl methyl sites for hydroxylation is 2. The van der Waals surface area contributed by atoms with Crippen LogP contribution in [0.25, 0.3) is 0 Å². The number of benzene rings is 2. The maximum Gasteiger partial charge on any atom is 0.255 e. The van der Waals surface area contributed by atoms with E-state index in [0.29, 0.717) is 11.3 Å². The predicted octanol–water partition coefficient (Wildman–Crippen LogP) is 3.90. The highest BCUT2D eigenvalue weighted by Gasteiger charge is 2.09. The highest BCUT2D eigenvalue weighted by atomic mass is 79.9. The Morgan fingerprint density at radius 2 is 1.84 bits per heavy atom. The number of nitrogen functional groups attached to an aromatic ring is 1. The summed E-state index contributed by atoms with van der Waals surface area (Å²) in [5, 5.41) is 2.89. The molecule has 2 aromatic rings. The summed E-state index contributed by atoms with van der Waals surface area (Å²) in [6, 6.07) is 11.0. The third kappa shape index (κ3) is 3.15. The third-order valence-electron chi connectivity index (χ3n) is 2.91. The summed E-state index contributed by atoms with van der Waals surface area (Å²) in [5.41, 5.74) is 9.70. The van der Waals surface area contributed by atoms with Gasteiger partial charge in [-0.2, -0.15) is 0 Å². The van der Waals surface area contributed by atoms with E-state index in [9.17, 15) is 4.79 Å². The molecule has 0 bridgehead atoms. The number of carbonyl (C=O) groups excluding carboxylic acids is 1. The fourth-order valence-corrected chi connectivity index (χ4v) is 2.11. The highest BCUT2D eigenvalue weighted by Crippen LogP contribution is 2.21. The molecule has 0 unspecified atom stereocenters. The molecule has 0 atom stereocenters. The minimum atomic E-state index is -0.126. The van der Waals surface area contributed by atoms with Gasteiger partial charge in [-0.15, -0.1) is 0 Å². The molecule has 0 heterocycles. The Morgan fingerprint density at radius 1 is 1.11 bits per heavy atom. The molecule has 1 amide bonds. The molecule has 2 aromatic carbocycles. The van der Waals surface area contributed by atoms with E-state index in [1.54, 1.807) is 18.2 Å². The monoisotopic (exact) mass is 318 g/mol. The first-order valence-electron chi connectivity index (χ1n) is 5.91. The van der Waals surface area contributed by atoms with Gasteiger partial charge in [0.1, 0.15) is 0 Å². The summed E-state index contributed by atoms with van der Waals surface area (Å²) >= 11 is 3.43. The molecule has 0 aliphatic heterocycles. The van der Waals surface area contributed by atoms with Crippen LogP contribution in [-0.4, -0.2) is 5.91 Å². The molecule has 0 aromatic heterocycles. The lowest BCUT2D eigenvalue weighted by Gasteiger charge is -2.09. The van der Waals surface area contributed by atoms with Crippen molar-refractivity contribution in [2.45, 2.75) is 13.8 Å². The smallest absolute Gasteiger partial charge is 0.255 e. The van der Waals surface area contributed by atoms with Crippen molar-refractivity contribution in [1.29, 1.82) is 0 Å². The number of hydrogen-bond acceptors (Lipinski definition) is 2. The maximum atomic E-state index is 12.2. The molecule has 0 spiro atoms. The Hall–Kier alpha value is -1.81. The van der Waals surface area contributed by atoms with Crippen LogP contribution in [0, 0.1) is 13.8 Å². The molecule has 4 heteroatoms. The number of carbonyl (C=O) groups is 1. The van der Waals surface area contributed by atoms with E-state index in [2.05, 4.69) is 21.2 Å². The third-order valence-corrected chi connectivity index (χ3v) is 3.80. The molecule has 0 saturated carbocycles. The molecular formula is C15H15BrN2O. The van der Waals surface area contributed by atoms with E-state index < -0.39 is 0 Å². The Balaban J connectivity index is 2.23. The van der Waals surface area contributed by atoms with Gasteiger partial charge in [0, 0.05) is 21.4 Å². The zero-order chi connectivity index (χ0) is 14.0. The van der Waals surface area contributed by atoms with Gasteiger partial charge in [-0.1, -0.05) is 15.9 Å². The summed E-state index contributed by atoms with van der Waals surface area (Å²) in [5.74, 6) is -0.126. The Bertz CT molecular complexity index is 638. The lowest BCUT2D eigenvalue weighted by molar-refractivity contribution is 0.102. The van der Waals surface area contributed by atoms with Crippen molar-refractivity contribution in [2.75, 3.05) is 11.1 Å². The highest BCUT2D eigenvalue weighted by molar-refractivity contribution is 9.10. The van der Waals surface area contributed by atoms with E-state index in [1.807, 2.05) is 32.0 Å². The van der Waals surface area contributed by atoms with E-state index in [-0.39, 0.29) is 5.91 Å². The second-order valence-corrected chi connectivity index (χ2v) is 5.35. The van der Waals surface area contributed by atoms with E-state index in [0.717, 1.165) is 21.3 Å². The molecule has 3 N–H and O–H groups in total. The number of rotatable bonds is 2. The summed E-state index contributed by atoms with van der Waals surface area (Å²) in [7, 11) is 0. The number of halogens is 1. The molecule has 0 saturated heterocycles. The van der Waals surface area contributed by atoms with Crippen LogP contribution in [-0.2, 0) is 0 Å². The summed E-state index contributed by atoms with van der Waals surface area (Å²) in [4.78, 5) is 12.2. The SMILES string of the molecule is Cc1cc(NC(=O)c2ccc(N)cc2C)ccc1Br. The average molecular weight is 319 g/mol. The minimum absolute atomic E-state index is 0.126. The van der Waals surface area contributed by atoms with Crippen molar-refractivity contribution in [3.63, 3.8) is 0 Å². The number of amides is 1. The largest absolute Gasteiger partial charge is 0.399 e. The van der Waals surface area contributed by atoms with Crippen molar-refractivity contribution >= 4 is 33.2 Å². The standard InChI is InChI=1S/C15H15BrN2O/c1-9-7-11(17)3-5-13(9)15(19)18-12-4-6-14(16)10(2)8-12/h3-8H,17H2,1-2H3,(H,18,19). The second kappa shape index (κ2) is 5.45. The fourth-order valence-electron chi connectivity index (χ4n) is 1.86.